The fraction of sp³-hybridized carbons (Fsp3) is 0.714. The molecule has 0 rings (SSSR count). The van der Waals surface area contributed by atoms with Gasteiger partial charge < -0.3 is 19.7 Å². The molecule has 0 aromatic rings. The molecule has 0 saturated heterocycles. The lowest BCUT2D eigenvalue weighted by atomic mass is 9.86. The summed E-state index contributed by atoms with van der Waals surface area (Å²) in [5.41, 5.74) is -0.699. The second-order valence-corrected chi connectivity index (χ2v) is 5.09. The molecule has 0 amide bonds. The van der Waals surface area contributed by atoms with Crippen LogP contribution in [-0.4, -0.2) is 48.6 Å². The van der Waals surface area contributed by atoms with Crippen molar-refractivity contribution in [2.45, 2.75) is 33.1 Å². The minimum absolute atomic E-state index is 0.0440. The summed E-state index contributed by atoms with van der Waals surface area (Å²) < 4.78 is 9.89. The maximum absolute atomic E-state index is 11.8. The molecule has 0 fully saturated rings. The van der Waals surface area contributed by atoms with Crippen LogP contribution in [0.25, 0.3) is 0 Å². The maximum Gasteiger partial charge on any atom is 0.333 e. The highest BCUT2D eigenvalue weighted by atomic mass is 16.5. The zero-order chi connectivity index (χ0) is 15.6. The van der Waals surface area contributed by atoms with Crippen LogP contribution in [0.5, 0.6) is 0 Å². The van der Waals surface area contributed by atoms with Crippen LogP contribution in [-0.2, 0) is 19.1 Å². The quantitative estimate of drug-likeness (QED) is 0.351. The molecular formula is C14H24O6. The third-order valence-corrected chi connectivity index (χ3v) is 2.57. The van der Waals surface area contributed by atoms with E-state index in [4.69, 9.17) is 19.7 Å². The molecule has 0 heterocycles. The summed E-state index contributed by atoms with van der Waals surface area (Å²) in [7, 11) is 0. The van der Waals surface area contributed by atoms with Crippen molar-refractivity contribution in [2.75, 3.05) is 26.4 Å². The monoisotopic (exact) mass is 288 g/mol. The van der Waals surface area contributed by atoms with Gasteiger partial charge in [-0.05, 0) is 20.3 Å². The largest absolute Gasteiger partial charge is 0.465 e. The van der Waals surface area contributed by atoms with Crippen LogP contribution in [0.4, 0.5) is 0 Å². The van der Waals surface area contributed by atoms with Crippen molar-refractivity contribution < 1.29 is 29.3 Å². The summed E-state index contributed by atoms with van der Waals surface area (Å²) in [5.74, 6) is -1.02. The SMILES string of the molecule is C=C(CC(C)(C)C(=O)OCCCO)C(=O)OCCCO. The van der Waals surface area contributed by atoms with Crippen molar-refractivity contribution >= 4 is 11.9 Å². The van der Waals surface area contributed by atoms with Crippen molar-refractivity contribution in [1.82, 2.24) is 0 Å². The third kappa shape index (κ3) is 7.25. The van der Waals surface area contributed by atoms with Crippen LogP contribution in [0.15, 0.2) is 12.2 Å². The van der Waals surface area contributed by atoms with Gasteiger partial charge in [0.1, 0.15) is 0 Å². The number of rotatable bonds is 10. The normalized spacial score (nSPS) is 11.0. The summed E-state index contributed by atoms with van der Waals surface area (Å²) in [6.07, 6.45) is 0.875. The first-order valence-corrected chi connectivity index (χ1v) is 6.59. The van der Waals surface area contributed by atoms with Gasteiger partial charge >= 0.3 is 11.9 Å². The molecule has 0 bridgehead atoms. The standard InChI is InChI=1S/C14H24O6/c1-11(12(17)19-8-4-6-15)10-14(2,3)13(18)20-9-5-7-16/h15-16H,1,4-10H2,2-3H3. The molecule has 0 radical (unpaired) electrons. The molecule has 0 aromatic heterocycles. The molecule has 0 aliphatic carbocycles. The van der Waals surface area contributed by atoms with E-state index in [1.807, 2.05) is 0 Å². The fourth-order valence-electron chi connectivity index (χ4n) is 1.43. The molecule has 20 heavy (non-hydrogen) atoms. The summed E-state index contributed by atoms with van der Waals surface area (Å²) in [5, 5.41) is 17.2. The predicted molar refractivity (Wildman–Crippen MR) is 72.9 cm³/mol. The number of esters is 2. The Morgan fingerprint density at radius 1 is 1.05 bits per heavy atom. The van der Waals surface area contributed by atoms with Gasteiger partial charge in [0.2, 0.25) is 0 Å². The van der Waals surface area contributed by atoms with Crippen LogP contribution in [0.1, 0.15) is 33.1 Å². The Morgan fingerprint density at radius 2 is 1.55 bits per heavy atom. The molecule has 116 valence electrons. The first kappa shape index (κ1) is 18.6. The molecule has 0 saturated carbocycles. The fourth-order valence-corrected chi connectivity index (χ4v) is 1.43. The predicted octanol–water partition coefficient (Wildman–Crippen LogP) is 0.810. The zero-order valence-corrected chi connectivity index (χ0v) is 12.2. The molecule has 2 N–H and O–H groups in total. The van der Waals surface area contributed by atoms with E-state index in [0.717, 1.165) is 0 Å². The van der Waals surface area contributed by atoms with E-state index in [1.54, 1.807) is 13.8 Å². The number of carbonyl (C=O) groups is 2. The average molecular weight is 288 g/mol. The Balaban J connectivity index is 4.25. The number of carbonyl (C=O) groups excluding carboxylic acids is 2. The van der Waals surface area contributed by atoms with E-state index in [0.29, 0.717) is 12.8 Å². The molecule has 0 atom stereocenters. The van der Waals surface area contributed by atoms with Gasteiger partial charge in [-0.1, -0.05) is 6.58 Å². The van der Waals surface area contributed by atoms with Crippen molar-refractivity contribution in [3.05, 3.63) is 12.2 Å². The maximum atomic E-state index is 11.8. The lowest BCUT2D eigenvalue weighted by molar-refractivity contribution is -0.154. The summed E-state index contributed by atoms with van der Waals surface area (Å²) in [4.78, 5) is 23.4. The number of aliphatic hydroxyl groups excluding tert-OH is 2. The van der Waals surface area contributed by atoms with E-state index in [1.165, 1.54) is 0 Å². The highest BCUT2D eigenvalue weighted by Gasteiger charge is 2.32. The summed E-state index contributed by atoms with van der Waals surface area (Å²) >= 11 is 0. The number of hydrogen-bond donors (Lipinski definition) is 2. The first-order chi connectivity index (χ1) is 9.35. The van der Waals surface area contributed by atoms with Crippen LogP contribution >= 0.6 is 0 Å². The van der Waals surface area contributed by atoms with Gasteiger partial charge in [-0.25, -0.2) is 4.79 Å². The van der Waals surface area contributed by atoms with E-state index < -0.39 is 17.4 Å². The van der Waals surface area contributed by atoms with E-state index in [9.17, 15) is 9.59 Å². The second kappa shape index (κ2) is 9.50. The van der Waals surface area contributed by atoms with Crippen LogP contribution in [0.3, 0.4) is 0 Å². The number of aliphatic hydroxyl groups is 2. The summed E-state index contributed by atoms with van der Waals surface area (Å²) in [6, 6.07) is 0. The van der Waals surface area contributed by atoms with Crippen molar-refractivity contribution in [3.63, 3.8) is 0 Å². The van der Waals surface area contributed by atoms with Gasteiger partial charge in [0.05, 0.1) is 18.6 Å². The Bertz CT molecular complexity index is 335. The second-order valence-electron chi connectivity index (χ2n) is 5.09. The number of hydrogen-bond acceptors (Lipinski definition) is 6. The Kier molecular flexibility index (Phi) is 8.83. The topological polar surface area (TPSA) is 93.1 Å². The minimum Gasteiger partial charge on any atom is -0.465 e. The van der Waals surface area contributed by atoms with Crippen molar-refractivity contribution in [1.29, 1.82) is 0 Å². The highest BCUT2D eigenvalue weighted by Crippen LogP contribution is 2.26. The molecular weight excluding hydrogens is 264 g/mol. The van der Waals surface area contributed by atoms with E-state index >= 15 is 0 Å². The molecule has 0 unspecified atom stereocenters. The number of ether oxygens (including phenoxy) is 2. The molecule has 0 aliphatic rings. The molecule has 6 heteroatoms. The highest BCUT2D eigenvalue weighted by molar-refractivity contribution is 5.89. The average Bonchev–Trinajstić information content (AvgIpc) is 2.38. The van der Waals surface area contributed by atoms with Gasteiger partial charge in [-0.15, -0.1) is 0 Å². The lowest BCUT2D eigenvalue weighted by Gasteiger charge is -2.23. The van der Waals surface area contributed by atoms with Crippen LogP contribution in [0, 0.1) is 5.41 Å². The first-order valence-electron chi connectivity index (χ1n) is 6.59. The van der Waals surface area contributed by atoms with Crippen LogP contribution < -0.4 is 0 Å². The van der Waals surface area contributed by atoms with Gasteiger partial charge in [0, 0.05) is 31.6 Å². The van der Waals surface area contributed by atoms with Gasteiger partial charge in [-0.3, -0.25) is 4.79 Å². The molecule has 0 aromatic carbocycles. The lowest BCUT2D eigenvalue weighted by Crippen LogP contribution is -2.29. The smallest absolute Gasteiger partial charge is 0.333 e. The minimum atomic E-state index is -0.886. The Labute approximate surface area is 119 Å². The van der Waals surface area contributed by atoms with Crippen LogP contribution in [0.2, 0.25) is 0 Å². The molecule has 0 spiro atoms. The third-order valence-electron chi connectivity index (χ3n) is 2.57. The van der Waals surface area contributed by atoms with Crippen molar-refractivity contribution in [2.24, 2.45) is 5.41 Å². The van der Waals surface area contributed by atoms with Crippen molar-refractivity contribution in [3.8, 4) is 0 Å². The van der Waals surface area contributed by atoms with Gasteiger partial charge in [0.25, 0.3) is 0 Å². The van der Waals surface area contributed by atoms with E-state index in [-0.39, 0.29) is 38.4 Å². The Morgan fingerprint density at radius 3 is 2.05 bits per heavy atom. The molecule has 6 nitrogen and oxygen atoms in total. The van der Waals surface area contributed by atoms with E-state index in [2.05, 4.69) is 6.58 Å². The molecule has 0 aliphatic heterocycles. The van der Waals surface area contributed by atoms with Gasteiger partial charge in [-0.2, -0.15) is 0 Å². The van der Waals surface area contributed by atoms with Gasteiger partial charge in [0.15, 0.2) is 0 Å². The zero-order valence-electron chi connectivity index (χ0n) is 12.2. The summed E-state index contributed by atoms with van der Waals surface area (Å²) in [6.45, 7) is 7.09. The Hall–Kier alpha value is -1.40.